The maximum Gasteiger partial charge on any atom is 0.288 e. The summed E-state index contributed by atoms with van der Waals surface area (Å²) in [4.78, 5) is 30.6. The molecule has 1 aromatic heterocycles. The summed E-state index contributed by atoms with van der Waals surface area (Å²) < 4.78 is 6.30. The van der Waals surface area contributed by atoms with E-state index >= 15 is 0 Å². The third kappa shape index (κ3) is 5.28. The summed E-state index contributed by atoms with van der Waals surface area (Å²) in [5.41, 5.74) is 2.38. The number of nitrogens with zero attached hydrogens (tertiary/aromatic N) is 5. The number of nitro benzene ring substituents is 1. The van der Waals surface area contributed by atoms with Crippen LogP contribution in [0.4, 0.5) is 17.3 Å². The fourth-order valence-electron chi connectivity index (χ4n) is 3.43. The first-order valence-electron chi connectivity index (χ1n) is 10.9. The van der Waals surface area contributed by atoms with Crippen molar-refractivity contribution in [2.75, 3.05) is 31.4 Å². The van der Waals surface area contributed by atoms with E-state index in [9.17, 15) is 14.9 Å². The van der Waals surface area contributed by atoms with E-state index in [2.05, 4.69) is 15.4 Å². The molecule has 10 nitrogen and oxygen atoms in total. The highest BCUT2D eigenvalue weighted by Gasteiger charge is 2.22. The van der Waals surface area contributed by atoms with E-state index in [1.165, 1.54) is 12.1 Å². The average molecular weight is 507 g/mol. The van der Waals surface area contributed by atoms with Crippen molar-refractivity contribution >= 4 is 34.8 Å². The van der Waals surface area contributed by atoms with Crippen molar-refractivity contribution in [3.63, 3.8) is 0 Å². The van der Waals surface area contributed by atoms with E-state index in [1.54, 1.807) is 31.4 Å². The van der Waals surface area contributed by atoms with E-state index in [-0.39, 0.29) is 22.2 Å². The van der Waals surface area contributed by atoms with E-state index in [1.807, 2.05) is 43.3 Å². The van der Waals surface area contributed by atoms with Crippen LogP contribution >= 0.6 is 11.6 Å². The number of hydrogen-bond acceptors (Lipinski definition) is 8. The Labute approximate surface area is 212 Å². The molecule has 0 saturated heterocycles. The van der Waals surface area contributed by atoms with Crippen LogP contribution in [0.15, 0.2) is 66.7 Å². The summed E-state index contributed by atoms with van der Waals surface area (Å²) in [5, 5.41) is 18.8. The standard InChI is InChI=1S/C25H23ClN6O4/c1-30(2)19-9-4-16(5-10-19)15-27-25-28-23(17-6-11-20(36-3)12-7-17)29-31(25)24(33)18-8-13-21(26)22(14-18)32(34)35/h4-14H,15H2,1-3H3,(H,27,28,29). The number of anilines is 2. The lowest BCUT2D eigenvalue weighted by atomic mass is 10.2. The van der Waals surface area contributed by atoms with Gasteiger partial charge in [-0.1, -0.05) is 23.7 Å². The first kappa shape index (κ1) is 24.7. The van der Waals surface area contributed by atoms with Crippen LogP contribution in [0, 0.1) is 10.1 Å². The molecule has 4 rings (SSSR count). The lowest BCUT2D eigenvalue weighted by molar-refractivity contribution is -0.384. The van der Waals surface area contributed by atoms with Crippen molar-refractivity contribution in [2.24, 2.45) is 0 Å². The molecule has 0 aliphatic carbocycles. The Bertz CT molecular complexity index is 1400. The van der Waals surface area contributed by atoms with Crippen LogP contribution in [0.3, 0.4) is 0 Å². The van der Waals surface area contributed by atoms with Crippen molar-refractivity contribution in [3.8, 4) is 17.1 Å². The third-order valence-corrected chi connectivity index (χ3v) is 5.76. The first-order chi connectivity index (χ1) is 17.3. The zero-order valence-electron chi connectivity index (χ0n) is 19.8. The summed E-state index contributed by atoms with van der Waals surface area (Å²) >= 11 is 5.92. The molecule has 0 saturated carbocycles. The number of carbonyl (C=O) groups excluding carboxylic acids is 1. The number of benzene rings is 3. The Hall–Kier alpha value is -4.44. The van der Waals surface area contributed by atoms with Gasteiger partial charge in [-0.15, -0.1) is 5.10 Å². The van der Waals surface area contributed by atoms with Gasteiger partial charge in [-0.05, 0) is 54.1 Å². The number of nitrogens with one attached hydrogen (secondary N) is 1. The number of nitro groups is 1. The maximum absolute atomic E-state index is 13.4. The molecular weight excluding hydrogens is 484 g/mol. The van der Waals surface area contributed by atoms with Gasteiger partial charge in [0.25, 0.3) is 11.6 Å². The number of methoxy groups -OCH3 is 1. The van der Waals surface area contributed by atoms with Crippen LogP contribution < -0.4 is 15.0 Å². The van der Waals surface area contributed by atoms with Gasteiger partial charge in [0.1, 0.15) is 10.8 Å². The average Bonchev–Trinajstić information content (AvgIpc) is 3.31. The van der Waals surface area contributed by atoms with Gasteiger partial charge >= 0.3 is 0 Å². The van der Waals surface area contributed by atoms with E-state index in [4.69, 9.17) is 16.3 Å². The summed E-state index contributed by atoms with van der Waals surface area (Å²) in [5.74, 6) is 0.578. The fraction of sp³-hybridized carbons (Fsp3) is 0.160. The summed E-state index contributed by atoms with van der Waals surface area (Å²) in [6.07, 6.45) is 0. The Balaban J connectivity index is 1.69. The molecule has 0 unspecified atom stereocenters. The van der Waals surface area contributed by atoms with Gasteiger partial charge in [0.05, 0.1) is 12.0 Å². The topological polar surface area (TPSA) is 115 Å². The van der Waals surface area contributed by atoms with Gasteiger partial charge in [0.2, 0.25) is 5.95 Å². The second-order valence-corrected chi connectivity index (χ2v) is 8.45. The van der Waals surface area contributed by atoms with Crippen LogP contribution in [0.1, 0.15) is 15.9 Å². The molecule has 11 heteroatoms. The number of carbonyl (C=O) groups is 1. The molecule has 3 aromatic carbocycles. The highest BCUT2D eigenvalue weighted by molar-refractivity contribution is 6.32. The molecule has 0 amide bonds. The normalized spacial score (nSPS) is 10.7. The smallest absolute Gasteiger partial charge is 0.288 e. The van der Waals surface area contributed by atoms with Crippen LogP contribution in [0.25, 0.3) is 11.4 Å². The summed E-state index contributed by atoms with van der Waals surface area (Å²) in [6, 6.07) is 18.9. The maximum atomic E-state index is 13.4. The molecule has 0 aliphatic rings. The van der Waals surface area contributed by atoms with Gasteiger partial charge in [-0.2, -0.15) is 9.67 Å². The number of ether oxygens (including phenoxy) is 1. The van der Waals surface area contributed by atoms with Gasteiger partial charge < -0.3 is 15.0 Å². The lowest BCUT2D eigenvalue weighted by Crippen LogP contribution is -2.18. The minimum Gasteiger partial charge on any atom is -0.497 e. The third-order valence-electron chi connectivity index (χ3n) is 5.44. The van der Waals surface area contributed by atoms with E-state index in [0.29, 0.717) is 23.7 Å². The largest absolute Gasteiger partial charge is 0.497 e. The SMILES string of the molecule is COc1ccc(-c2nc(NCc3ccc(N(C)C)cc3)n(C(=O)c3ccc(Cl)c([N+](=O)[O-])c3)n2)cc1. The zero-order valence-corrected chi connectivity index (χ0v) is 20.6. The summed E-state index contributed by atoms with van der Waals surface area (Å²) in [7, 11) is 5.49. The number of hydrogen-bond donors (Lipinski definition) is 1. The fourth-order valence-corrected chi connectivity index (χ4v) is 3.62. The molecule has 0 radical (unpaired) electrons. The number of aromatic nitrogens is 3. The quantitative estimate of drug-likeness (QED) is 0.265. The predicted octanol–water partition coefficient (Wildman–Crippen LogP) is 4.88. The molecular formula is C25H23ClN6O4. The highest BCUT2D eigenvalue weighted by Crippen LogP contribution is 2.27. The second kappa shape index (κ2) is 10.4. The second-order valence-electron chi connectivity index (χ2n) is 8.04. The molecule has 0 aliphatic heterocycles. The van der Waals surface area contributed by atoms with Crippen molar-refractivity contribution < 1.29 is 14.5 Å². The molecule has 0 atom stereocenters. The van der Waals surface area contributed by atoms with Crippen LogP contribution in [-0.2, 0) is 6.54 Å². The first-order valence-corrected chi connectivity index (χ1v) is 11.2. The Morgan fingerprint density at radius 3 is 2.42 bits per heavy atom. The van der Waals surface area contributed by atoms with Gasteiger partial charge in [-0.25, -0.2) is 0 Å². The van der Waals surface area contributed by atoms with Crippen LogP contribution in [0.5, 0.6) is 5.75 Å². The van der Waals surface area contributed by atoms with E-state index in [0.717, 1.165) is 22.0 Å². The van der Waals surface area contributed by atoms with Crippen molar-refractivity contribution in [3.05, 3.63) is 93.0 Å². The lowest BCUT2D eigenvalue weighted by Gasteiger charge is -2.13. The molecule has 4 aromatic rings. The minimum absolute atomic E-state index is 0.0515. The predicted molar refractivity (Wildman–Crippen MR) is 138 cm³/mol. The summed E-state index contributed by atoms with van der Waals surface area (Å²) in [6.45, 7) is 0.377. The minimum atomic E-state index is -0.639. The molecule has 1 N–H and O–H groups in total. The molecule has 36 heavy (non-hydrogen) atoms. The number of halogens is 1. The van der Waals surface area contributed by atoms with Gasteiger partial charge in [0, 0.05) is 43.5 Å². The Morgan fingerprint density at radius 2 is 1.81 bits per heavy atom. The van der Waals surface area contributed by atoms with Gasteiger partial charge in [0.15, 0.2) is 5.82 Å². The van der Waals surface area contributed by atoms with Crippen LogP contribution in [-0.4, -0.2) is 46.8 Å². The Morgan fingerprint density at radius 1 is 1.11 bits per heavy atom. The molecule has 184 valence electrons. The Kier molecular flexibility index (Phi) is 7.16. The van der Waals surface area contributed by atoms with Crippen molar-refractivity contribution in [1.82, 2.24) is 14.8 Å². The monoisotopic (exact) mass is 506 g/mol. The molecule has 0 bridgehead atoms. The molecule has 0 fully saturated rings. The molecule has 0 spiro atoms. The van der Waals surface area contributed by atoms with Gasteiger partial charge in [-0.3, -0.25) is 14.9 Å². The van der Waals surface area contributed by atoms with Crippen molar-refractivity contribution in [1.29, 1.82) is 0 Å². The number of rotatable bonds is 8. The van der Waals surface area contributed by atoms with E-state index < -0.39 is 10.8 Å². The molecule has 1 heterocycles. The zero-order chi connectivity index (χ0) is 25.8. The van der Waals surface area contributed by atoms with Crippen molar-refractivity contribution in [2.45, 2.75) is 6.54 Å². The van der Waals surface area contributed by atoms with Crippen LogP contribution in [0.2, 0.25) is 5.02 Å². The highest BCUT2D eigenvalue weighted by atomic mass is 35.5.